The zero-order valence-electron chi connectivity index (χ0n) is 10.8. The highest BCUT2D eigenvalue weighted by Gasteiger charge is 2.29. The fraction of sp³-hybridized carbons (Fsp3) is 0.462. The summed E-state index contributed by atoms with van der Waals surface area (Å²) in [6.45, 7) is 4.83. The molecule has 0 aliphatic carbocycles. The average molecular weight is 287 g/mol. The summed E-state index contributed by atoms with van der Waals surface area (Å²) < 4.78 is 18.6. The predicted octanol–water partition coefficient (Wildman–Crippen LogP) is 3.12. The van der Waals surface area contributed by atoms with Crippen LogP contribution in [0.15, 0.2) is 18.2 Å². The Balaban J connectivity index is 2.10. The second kappa shape index (κ2) is 5.75. The number of benzene rings is 1. The largest absolute Gasteiger partial charge is 0.375 e. The van der Waals surface area contributed by atoms with E-state index < -0.39 is 5.82 Å². The molecule has 2 unspecified atom stereocenters. The lowest BCUT2D eigenvalue weighted by Crippen LogP contribution is -2.52. The van der Waals surface area contributed by atoms with E-state index in [0.717, 1.165) is 0 Å². The molecule has 19 heavy (non-hydrogen) atoms. The molecule has 0 saturated carbocycles. The summed E-state index contributed by atoms with van der Waals surface area (Å²) in [6, 6.07) is 3.53. The lowest BCUT2D eigenvalue weighted by Gasteiger charge is -2.37. The standard InChI is InChI=1S/C13H16ClFN2O2/c1-8-9(2)19-6-5-17(8)13(18)16-12-7-10(15)3-4-11(12)14/h3-4,7-9H,5-6H2,1-2H3,(H,16,18). The van der Waals surface area contributed by atoms with Crippen LogP contribution < -0.4 is 5.32 Å². The molecule has 4 nitrogen and oxygen atoms in total. The number of anilines is 1. The van der Waals surface area contributed by atoms with Gasteiger partial charge in [0.2, 0.25) is 0 Å². The van der Waals surface area contributed by atoms with Gasteiger partial charge < -0.3 is 15.0 Å². The first-order valence-corrected chi connectivity index (χ1v) is 6.51. The fourth-order valence-corrected chi connectivity index (χ4v) is 2.16. The number of ether oxygens (including phenoxy) is 1. The quantitative estimate of drug-likeness (QED) is 0.862. The predicted molar refractivity (Wildman–Crippen MR) is 72.0 cm³/mol. The van der Waals surface area contributed by atoms with E-state index in [1.165, 1.54) is 18.2 Å². The van der Waals surface area contributed by atoms with Crippen molar-refractivity contribution in [3.63, 3.8) is 0 Å². The highest BCUT2D eigenvalue weighted by Crippen LogP contribution is 2.23. The van der Waals surface area contributed by atoms with Gasteiger partial charge in [-0.25, -0.2) is 9.18 Å². The maximum Gasteiger partial charge on any atom is 0.322 e. The maximum absolute atomic E-state index is 13.1. The molecule has 1 aromatic carbocycles. The number of carbonyl (C=O) groups is 1. The van der Waals surface area contributed by atoms with Crippen LogP contribution in [0.2, 0.25) is 5.02 Å². The van der Waals surface area contributed by atoms with Crippen LogP contribution in [0, 0.1) is 5.82 Å². The van der Waals surface area contributed by atoms with E-state index in [1.807, 2.05) is 13.8 Å². The topological polar surface area (TPSA) is 41.6 Å². The molecule has 1 aromatic rings. The molecule has 0 spiro atoms. The third-order valence-corrected chi connectivity index (χ3v) is 3.64. The molecule has 0 bridgehead atoms. The normalized spacial score (nSPS) is 23.3. The first-order valence-electron chi connectivity index (χ1n) is 6.13. The molecule has 0 radical (unpaired) electrons. The van der Waals surface area contributed by atoms with Gasteiger partial charge in [-0.2, -0.15) is 0 Å². The Morgan fingerprint density at radius 1 is 1.53 bits per heavy atom. The van der Waals surface area contributed by atoms with Gasteiger partial charge in [-0.05, 0) is 32.0 Å². The molecule has 1 saturated heterocycles. The summed E-state index contributed by atoms with van der Waals surface area (Å²) >= 11 is 5.92. The van der Waals surface area contributed by atoms with Gasteiger partial charge in [-0.3, -0.25) is 0 Å². The molecule has 1 aliphatic rings. The molecular formula is C13H16ClFN2O2. The third-order valence-electron chi connectivity index (χ3n) is 3.31. The molecule has 2 atom stereocenters. The van der Waals surface area contributed by atoms with Gasteiger partial charge in [0.25, 0.3) is 0 Å². The van der Waals surface area contributed by atoms with Gasteiger partial charge in [0.15, 0.2) is 0 Å². The number of hydrogen-bond donors (Lipinski definition) is 1. The number of carbonyl (C=O) groups excluding carboxylic acids is 1. The van der Waals surface area contributed by atoms with Gasteiger partial charge >= 0.3 is 6.03 Å². The summed E-state index contributed by atoms with van der Waals surface area (Å²) in [6.07, 6.45) is -0.0255. The molecule has 104 valence electrons. The Kier molecular flexibility index (Phi) is 4.27. The number of morpholine rings is 1. The van der Waals surface area contributed by atoms with Gasteiger partial charge in [0.1, 0.15) is 5.82 Å². The van der Waals surface area contributed by atoms with Crippen molar-refractivity contribution in [3.8, 4) is 0 Å². The minimum Gasteiger partial charge on any atom is -0.375 e. The Hall–Kier alpha value is -1.33. The van der Waals surface area contributed by atoms with Crippen LogP contribution >= 0.6 is 11.6 Å². The fourth-order valence-electron chi connectivity index (χ4n) is 2.00. The maximum atomic E-state index is 13.1. The van der Waals surface area contributed by atoms with Crippen molar-refractivity contribution in [2.24, 2.45) is 0 Å². The van der Waals surface area contributed by atoms with Crippen LogP contribution in [0.3, 0.4) is 0 Å². The second-order valence-corrected chi connectivity index (χ2v) is 4.97. The second-order valence-electron chi connectivity index (χ2n) is 4.56. The van der Waals surface area contributed by atoms with Crippen LogP contribution in [0.4, 0.5) is 14.9 Å². The summed E-state index contributed by atoms with van der Waals surface area (Å²) in [4.78, 5) is 13.8. The van der Waals surface area contributed by atoms with Crippen molar-refractivity contribution >= 4 is 23.3 Å². The monoisotopic (exact) mass is 286 g/mol. The van der Waals surface area contributed by atoms with Crippen molar-refractivity contribution in [2.45, 2.75) is 26.0 Å². The van der Waals surface area contributed by atoms with Crippen LogP contribution in [0.1, 0.15) is 13.8 Å². The number of nitrogens with zero attached hydrogens (tertiary/aromatic N) is 1. The van der Waals surface area contributed by atoms with Gasteiger partial charge in [0, 0.05) is 6.54 Å². The first-order chi connectivity index (χ1) is 8.99. The number of halogens is 2. The van der Waals surface area contributed by atoms with E-state index in [2.05, 4.69) is 5.32 Å². The minimum absolute atomic E-state index is 0.0255. The number of hydrogen-bond acceptors (Lipinski definition) is 2. The number of rotatable bonds is 1. The molecule has 2 amide bonds. The molecular weight excluding hydrogens is 271 g/mol. The zero-order valence-corrected chi connectivity index (χ0v) is 11.6. The number of urea groups is 1. The van der Waals surface area contributed by atoms with E-state index in [-0.39, 0.29) is 23.9 Å². The van der Waals surface area contributed by atoms with E-state index in [0.29, 0.717) is 18.2 Å². The van der Waals surface area contributed by atoms with Gasteiger partial charge in [0.05, 0.1) is 29.5 Å². The lowest BCUT2D eigenvalue weighted by molar-refractivity contribution is -0.0355. The van der Waals surface area contributed by atoms with Gasteiger partial charge in [-0.1, -0.05) is 11.6 Å². The number of nitrogens with one attached hydrogen (secondary N) is 1. The molecule has 1 aliphatic heterocycles. The van der Waals surface area contributed by atoms with Crippen LogP contribution in [-0.4, -0.2) is 36.2 Å². The van der Waals surface area contributed by atoms with Crippen molar-refractivity contribution in [1.29, 1.82) is 0 Å². The van der Waals surface area contributed by atoms with Gasteiger partial charge in [-0.15, -0.1) is 0 Å². The van der Waals surface area contributed by atoms with Crippen LogP contribution in [0.5, 0.6) is 0 Å². The Bertz CT molecular complexity index is 484. The van der Waals surface area contributed by atoms with Crippen molar-refractivity contribution in [2.75, 3.05) is 18.5 Å². The highest BCUT2D eigenvalue weighted by atomic mass is 35.5. The minimum atomic E-state index is -0.442. The highest BCUT2D eigenvalue weighted by molar-refractivity contribution is 6.33. The van der Waals surface area contributed by atoms with Crippen LogP contribution in [-0.2, 0) is 4.74 Å². The first kappa shape index (κ1) is 14.1. The van der Waals surface area contributed by atoms with Crippen molar-refractivity contribution in [1.82, 2.24) is 4.90 Å². The Morgan fingerprint density at radius 3 is 3.00 bits per heavy atom. The summed E-state index contributed by atoms with van der Waals surface area (Å²) in [5, 5.41) is 2.94. The summed E-state index contributed by atoms with van der Waals surface area (Å²) in [5.74, 6) is -0.442. The molecule has 1 heterocycles. The molecule has 1 fully saturated rings. The molecule has 6 heteroatoms. The molecule has 2 rings (SSSR count). The van der Waals surface area contributed by atoms with E-state index in [9.17, 15) is 9.18 Å². The lowest BCUT2D eigenvalue weighted by atomic mass is 10.1. The number of amides is 2. The third kappa shape index (κ3) is 3.16. The van der Waals surface area contributed by atoms with E-state index in [1.54, 1.807) is 4.90 Å². The van der Waals surface area contributed by atoms with E-state index in [4.69, 9.17) is 16.3 Å². The Morgan fingerprint density at radius 2 is 2.26 bits per heavy atom. The van der Waals surface area contributed by atoms with Crippen molar-refractivity contribution < 1.29 is 13.9 Å². The zero-order chi connectivity index (χ0) is 14.0. The Labute approximate surface area is 116 Å². The van der Waals surface area contributed by atoms with E-state index >= 15 is 0 Å². The summed E-state index contributed by atoms with van der Waals surface area (Å²) in [7, 11) is 0. The smallest absolute Gasteiger partial charge is 0.322 e. The average Bonchev–Trinajstić information content (AvgIpc) is 2.37. The molecule has 1 N–H and O–H groups in total. The summed E-state index contributed by atoms with van der Waals surface area (Å²) in [5.41, 5.74) is 0.276. The van der Waals surface area contributed by atoms with Crippen LogP contribution in [0.25, 0.3) is 0 Å². The SMILES string of the molecule is CC1OCCN(C(=O)Nc2cc(F)ccc2Cl)C1C. The van der Waals surface area contributed by atoms with Crippen molar-refractivity contribution in [3.05, 3.63) is 29.0 Å². The molecule has 0 aromatic heterocycles.